The highest BCUT2D eigenvalue weighted by Crippen LogP contribution is 2.28. The first-order valence-electron chi connectivity index (χ1n) is 5.35. The van der Waals surface area contributed by atoms with Gasteiger partial charge in [-0.05, 0) is 30.7 Å². The second kappa shape index (κ2) is 4.75. The molecule has 1 aromatic heterocycles. The maximum absolute atomic E-state index is 11.6. The van der Waals surface area contributed by atoms with Crippen LogP contribution in [0.2, 0.25) is 0 Å². The van der Waals surface area contributed by atoms with Crippen molar-refractivity contribution in [3.05, 3.63) is 15.8 Å². The molecule has 1 saturated carbocycles. The Morgan fingerprint density at radius 1 is 1.47 bits per heavy atom. The van der Waals surface area contributed by atoms with E-state index < -0.39 is 5.97 Å². The minimum atomic E-state index is -0.426. The zero-order valence-corrected chi connectivity index (χ0v) is 10.5. The Morgan fingerprint density at radius 3 is 2.76 bits per heavy atom. The molecule has 1 fully saturated rings. The predicted molar refractivity (Wildman–Crippen MR) is 65.6 cm³/mol. The Hall–Kier alpha value is -1.56. The lowest BCUT2D eigenvalue weighted by Gasteiger charge is -2.08. The lowest BCUT2D eigenvalue weighted by Crippen LogP contribution is -2.31. The minimum Gasteiger partial charge on any atom is -0.465 e. The van der Waals surface area contributed by atoms with E-state index in [2.05, 4.69) is 15.4 Å². The third-order valence-electron chi connectivity index (χ3n) is 2.50. The van der Waals surface area contributed by atoms with E-state index in [0.29, 0.717) is 10.6 Å². The number of hydrogen-bond donors (Lipinski definition) is 2. The molecule has 0 unspecified atom stereocenters. The van der Waals surface area contributed by atoms with E-state index in [1.54, 1.807) is 0 Å². The van der Waals surface area contributed by atoms with Gasteiger partial charge in [-0.25, -0.2) is 9.59 Å². The van der Waals surface area contributed by atoms with Gasteiger partial charge >= 0.3 is 12.0 Å². The Balaban J connectivity index is 2.10. The Labute approximate surface area is 103 Å². The zero-order chi connectivity index (χ0) is 12.4. The molecule has 2 rings (SSSR count). The fraction of sp³-hybridized carbons (Fsp3) is 0.455. The molecule has 0 saturated heterocycles. The number of amides is 2. The Morgan fingerprint density at radius 2 is 2.18 bits per heavy atom. The van der Waals surface area contributed by atoms with Crippen LogP contribution in [0, 0.1) is 6.92 Å². The average Bonchev–Trinajstić information content (AvgIpc) is 3.03. The lowest BCUT2D eigenvalue weighted by atomic mass is 10.2. The summed E-state index contributed by atoms with van der Waals surface area (Å²) >= 11 is 1.27. The van der Waals surface area contributed by atoms with Gasteiger partial charge < -0.3 is 15.4 Å². The SMILES string of the molecule is COC(=O)c1scc(C)c1NC(=O)NC1CC1. The summed E-state index contributed by atoms with van der Waals surface area (Å²) in [7, 11) is 1.32. The number of carbonyl (C=O) groups is 2. The van der Waals surface area contributed by atoms with Gasteiger partial charge in [0.2, 0.25) is 0 Å². The monoisotopic (exact) mass is 254 g/mol. The number of nitrogens with one attached hydrogen (secondary N) is 2. The third-order valence-corrected chi connectivity index (χ3v) is 3.57. The second-order valence-corrected chi connectivity index (χ2v) is 4.87. The Kier molecular flexibility index (Phi) is 3.33. The molecule has 1 aliphatic rings. The largest absolute Gasteiger partial charge is 0.465 e. The molecule has 1 aliphatic carbocycles. The second-order valence-electron chi connectivity index (χ2n) is 3.99. The van der Waals surface area contributed by atoms with E-state index in [1.165, 1.54) is 18.4 Å². The standard InChI is InChI=1S/C11H14N2O3S/c1-6-5-17-9(10(14)16-2)8(6)13-11(15)12-7-3-4-7/h5,7H,3-4H2,1-2H3,(H2,12,13,15). The average molecular weight is 254 g/mol. The molecule has 0 atom stereocenters. The van der Waals surface area contributed by atoms with Crippen molar-refractivity contribution in [2.45, 2.75) is 25.8 Å². The van der Waals surface area contributed by atoms with Crippen molar-refractivity contribution in [3.63, 3.8) is 0 Å². The summed E-state index contributed by atoms with van der Waals surface area (Å²) in [5.41, 5.74) is 1.40. The predicted octanol–water partition coefficient (Wildman–Crippen LogP) is 2.13. The molecule has 0 bridgehead atoms. The number of rotatable bonds is 3. The van der Waals surface area contributed by atoms with Crippen LogP contribution < -0.4 is 10.6 Å². The van der Waals surface area contributed by atoms with Crippen LogP contribution in [0.15, 0.2) is 5.38 Å². The van der Waals surface area contributed by atoms with Crippen molar-refractivity contribution in [3.8, 4) is 0 Å². The maximum atomic E-state index is 11.6. The molecule has 17 heavy (non-hydrogen) atoms. The van der Waals surface area contributed by atoms with Crippen LogP contribution in [-0.2, 0) is 4.74 Å². The van der Waals surface area contributed by atoms with E-state index in [9.17, 15) is 9.59 Å². The van der Waals surface area contributed by atoms with Gasteiger partial charge in [0.15, 0.2) is 0 Å². The van der Waals surface area contributed by atoms with E-state index >= 15 is 0 Å². The molecule has 2 N–H and O–H groups in total. The fourth-order valence-corrected chi connectivity index (χ4v) is 2.33. The minimum absolute atomic E-state index is 0.265. The topological polar surface area (TPSA) is 67.4 Å². The van der Waals surface area contributed by atoms with Gasteiger partial charge in [0.1, 0.15) is 4.88 Å². The molecule has 0 spiro atoms. The van der Waals surface area contributed by atoms with Gasteiger partial charge in [0.25, 0.3) is 0 Å². The smallest absolute Gasteiger partial charge is 0.350 e. The van der Waals surface area contributed by atoms with E-state index in [0.717, 1.165) is 18.4 Å². The highest BCUT2D eigenvalue weighted by molar-refractivity contribution is 7.12. The number of ether oxygens (including phenoxy) is 1. The van der Waals surface area contributed by atoms with Crippen LogP contribution in [0.1, 0.15) is 28.1 Å². The summed E-state index contributed by atoms with van der Waals surface area (Å²) < 4.78 is 4.67. The van der Waals surface area contributed by atoms with Crippen molar-refractivity contribution < 1.29 is 14.3 Å². The number of methoxy groups -OCH3 is 1. The van der Waals surface area contributed by atoms with Gasteiger partial charge in [-0.15, -0.1) is 11.3 Å². The molecule has 6 heteroatoms. The molecular weight excluding hydrogens is 240 g/mol. The Bertz CT molecular complexity index is 452. The summed E-state index contributed by atoms with van der Waals surface area (Å²) in [6, 6.07) is 0.0228. The highest BCUT2D eigenvalue weighted by Gasteiger charge is 2.25. The fourth-order valence-electron chi connectivity index (χ4n) is 1.41. The first kappa shape index (κ1) is 11.9. The third kappa shape index (κ3) is 2.76. The lowest BCUT2D eigenvalue weighted by molar-refractivity contribution is 0.0607. The number of anilines is 1. The first-order chi connectivity index (χ1) is 8.11. The van der Waals surface area contributed by atoms with Crippen LogP contribution in [0.3, 0.4) is 0 Å². The number of hydrogen-bond acceptors (Lipinski definition) is 4. The van der Waals surface area contributed by atoms with E-state index in [-0.39, 0.29) is 12.1 Å². The van der Waals surface area contributed by atoms with Crippen LogP contribution in [0.25, 0.3) is 0 Å². The number of thiophene rings is 1. The van der Waals surface area contributed by atoms with Gasteiger partial charge in [-0.2, -0.15) is 0 Å². The van der Waals surface area contributed by atoms with Crippen LogP contribution in [0.5, 0.6) is 0 Å². The normalized spacial score (nSPS) is 14.2. The zero-order valence-electron chi connectivity index (χ0n) is 9.70. The molecular formula is C11H14N2O3S. The van der Waals surface area contributed by atoms with Gasteiger partial charge in [-0.1, -0.05) is 0 Å². The van der Waals surface area contributed by atoms with E-state index in [4.69, 9.17) is 0 Å². The number of carbonyl (C=O) groups excluding carboxylic acids is 2. The van der Waals surface area contributed by atoms with Crippen molar-refractivity contribution in [2.75, 3.05) is 12.4 Å². The molecule has 0 aromatic carbocycles. The van der Waals surface area contributed by atoms with Crippen LogP contribution in [0.4, 0.5) is 10.5 Å². The quantitative estimate of drug-likeness (QED) is 0.812. The summed E-state index contributed by atoms with van der Waals surface area (Å²) in [5.74, 6) is -0.426. The van der Waals surface area contributed by atoms with Crippen LogP contribution in [-0.4, -0.2) is 25.2 Å². The summed E-state index contributed by atoms with van der Waals surface area (Å²) in [5, 5.41) is 7.33. The van der Waals surface area contributed by atoms with Crippen molar-refractivity contribution in [1.29, 1.82) is 0 Å². The van der Waals surface area contributed by atoms with Gasteiger partial charge in [0, 0.05) is 6.04 Å². The molecule has 1 heterocycles. The number of esters is 1. The van der Waals surface area contributed by atoms with Gasteiger partial charge in [-0.3, -0.25) is 0 Å². The number of aryl methyl sites for hydroxylation is 1. The van der Waals surface area contributed by atoms with Crippen molar-refractivity contribution in [2.24, 2.45) is 0 Å². The molecule has 0 aliphatic heterocycles. The maximum Gasteiger partial charge on any atom is 0.350 e. The molecule has 1 aromatic rings. The summed E-state index contributed by atoms with van der Waals surface area (Å²) in [4.78, 5) is 23.5. The summed E-state index contributed by atoms with van der Waals surface area (Å²) in [6.45, 7) is 1.84. The molecule has 5 nitrogen and oxygen atoms in total. The van der Waals surface area contributed by atoms with E-state index in [1.807, 2.05) is 12.3 Å². The number of urea groups is 1. The van der Waals surface area contributed by atoms with Crippen molar-refractivity contribution >= 4 is 29.0 Å². The molecule has 2 amide bonds. The molecule has 92 valence electrons. The molecule has 0 radical (unpaired) electrons. The van der Waals surface area contributed by atoms with Crippen molar-refractivity contribution in [1.82, 2.24) is 5.32 Å². The highest BCUT2D eigenvalue weighted by atomic mass is 32.1. The van der Waals surface area contributed by atoms with Gasteiger partial charge in [0.05, 0.1) is 12.8 Å². The first-order valence-corrected chi connectivity index (χ1v) is 6.23. The summed E-state index contributed by atoms with van der Waals surface area (Å²) in [6.07, 6.45) is 2.06. The van der Waals surface area contributed by atoms with Crippen LogP contribution >= 0.6 is 11.3 Å².